The van der Waals surface area contributed by atoms with Gasteiger partial charge in [-0.25, -0.2) is 0 Å². The van der Waals surface area contributed by atoms with Gasteiger partial charge in [0.05, 0.1) is 6.61 Å². The summed E-state index contributed by atoms with van der Waals surface area (Å²) >= 11 is 0. The highest BCUT2D eigenvalue weighted by atomic mass is 16.5. The molecule has 0 saturated carbocycles. The molecule has 0 bridgehead atoms. The first-order valence-corrected chi connectivity index (χ1v) is 4.44. The van der Waals surface area contributed by atoms with Crippen molar-refractivity contribution >= 4 is 0 Å². The van der Waals surface area contributed by atoms with E-state index in [1.165, 1.54) is 0 Å². The molecular weight excluding hydrogens is 166 g/mol. The largest absolute Gasteiger partial charge is 0.383 e. The zero-order valence-electron chi connectivity index (χ0n) is 7.66. The summed E-state index contributed by atoms with van der Waals surface area (Å²) in [6.45, 7) is 2.95. The summed E-state index contributed by atoms with van der Waals surface area (Å²) in [5.41, 5.74) is 1.02. The van der Waals surface area contributed by atoms with Crippen LogP contribution in [0.3, 0.4) is 0 Å². The van der Waals surface area contributed by atoms with Crippen LogP contribution in [0.15, 0.2) is 18.3 Å². The van der Waals surface area contributed by atoms with Gasteiger partial charge in [0.15, 0.2) is 0 Å². The third kappa shape index (κ3) is 1.57. The van der Waals surface area contributed by atoms with Crippen LogP contribution in [-0.2, 0) is 10.3 Å². The van der Waals surface area contributed by atoms with Gasteiger partial charge in [0.2, 0.25) is 0 Å². The van der Waals surface area contributed by atoms with Crippen LogP contribution in [0, 0.1) is 6.92 Å². The highest BCUT2D eigenvalue weighted by molar-refractivity contribution is 5.21. The number of nitrogens with zero attached hydrogens (tertiary/aromatic N) is 1. The predicted molar refractivity (Wildman–Crippen MR) is 48.3 cm³/mol. The normalized spacial score (nSPS) is 27.8. The molecule has 13 heavy (non-hydrogen) atoms. The SMILES string of the molecule is Cc1ccc([C@@]2(O)CCOC2)cn1. The molecular formula is C10H13NO2. The molecule has 0 amide bonds. The summed E-state index contributed by atoms with van der Waals surface area (Å²) in [7, 11) is 0. The fourth-order valence-corrected chi connectivity index (χ4v) is 1.52. The molecule has 2 heterocycles. The zero-order chi connectivity index (χ0) is 9.31. The summed E-state index contributed by atoms with van der Waals surface area (Å²) in [5.74, 6) is 0. The molecule has 0 aliphatic carbocycles. The van der Waals surface area contributed by atoms with Crippen molar-refractivity contribution in [3.63, 3.8) is 0 Å². The maximum absolute atomic E-state index is 10.1. The van der Waals surface area contributed by atoms with Crippen molar-refractivity contribution in [3.05, 3.63) is 29.6 Å². The van der Waals surface area contributed by atoms with Crippen molar-refractivity contribution in [2.24, 2.45) is 0 Å². The van der Waals surface area contributed by atoms with Crippen LogP contribution in [0.1, 0.15) is 17.7 Å². The molecule has 2 rings (SSSR count). The second-order valence-corrected chi connectivity index (χ2v) is 3.52. The lowest BCUT2D eigenvalue weighted by Gasteiger charge is -2.20. The zero-order valence-corrected chi connectivity index (χ0v) is 7.66. The van der Waals surface area contributed by atoms with Crippen LogP contribution in [0.2, 0.25) is 0 Å². The predicted octanol–water partition coefficient (Wildman–Crippen LogP) is 0.998. The van der Waals surface area contributed by atoms with Gasteiger partial charge in [-0.2, -0.15) is 0 Å². The van der Waals surface area contributed by atoms with Gasteiger partial charge in [-0.05, 0) is 13.0 Å². The van der Waals surface area contributed by atoms with Crippen molar-refractivity contribution in [1.82, 2.24) is 4.98 Å². The van der Waals surface area contributed by atoms with Gasteiger partial charge in [0, 0.05) is 30.5 Å². The first-order valence-electron chi connectivity index (χ1n) is 4.44. The molecule has 1 aromatic rings. The number of rotatable bonds is 1. The third-order valence-electron chi connectivity index (χ3n) is 2.45. The average Bonchev–Trinajstić information content (AvgIpc) is 2.54. The molecule has 0 unspecified atom stereocenters. The van der Waals surface area contributed by atoms with Crippen LogP contribution in [0.5, 0.6) is 0 Å². The second kappa shape index (κ2) is 3.09. The summed E-state index contributed by atoms with van der Waals surface area (Å²) in [6, 6.07) is 3.82. The van der Waals surface area contributed by atoms with E-state index in [0.29, 0.717) is 19.6 Å². The van der Waals surface area contributed by atoms with Gasteiger partial charge in [0.25, 0.3) is 0 Å². The molecule has 3 nitrogen and oxygen atoms in total. The molecule has 0 spiro atoms. The van der Waals surface area contributed by atoms with Gasteiger partial charge >= 0.3 is 0 Å². The van der Waals surface area contributed by atoms with Gasteiger partial charge in [-0.1, -0.05) is 6.07 Å². The molecule has 1 aliphatic rings. The van der Waals surface area contributed by atoms with E-state index in [4.69, 9.17) is 4.74 Å². The molecule has 1 fully saturated rings. The number of aromatic nitrogens is 1. The lowest BCUT2D eigenvalue weighted by molar-refractivity contribution is 0.0229. The Morgan fingerprint density at radius 3 is 2.92 bits per heavy atom. The summed E-state index contributed by atoms with van der Waals surface area (Å²) < 4.78 is 5.17. The number of ether oxygens (including phenoxy) is 1. The minimum atomic E-state index is -0.805. The Hall–Kier alpha value is -0.930. The number of hydrogen-bond donors (Lipinski definition) is 1. The maximum Gasteiger partial charge on any atom is 0.117 e. The topological polar surface area (TPSA) is 42.4 Å². The Kier molecular flexibility index (Phi) is 2.06. The molecule has 1 atom stereocenters. The second-order valence-electron chi connectivity index (χ2n) is 3.52. The summed E-state index contributed by atoms with van der Waals surface area (Å²) in [5, 5.41) is 10.1. The highest BCUT2D eigenvalue weighted by Crippen LogP contribution is 2.29. The lowest BCUT2D eigenvalue weighted by atomic mass is 9.95. The molecule has 3 heteroatoms. The number of aliphatic hydroxyl groups is 1. The van der Waals surface area contributed by atoms with E-state index in [9.17, 15) is 5.11 Å². The van der Waals surface area contributed by atoms with Crippen LogP contribution >= 0.6 is 0 Å². The van der Waals surface area contributed by atoms with E-state index in [0.717, 1.165) is 11.3 Å². The molecule has 0 radical (unpaired) electrons. The Morgan fingerprint density at radius 2 is 2.38 bits per heavy atom. The number of hydrogen-bond acceptors (Lipinski definition) is 3. The molecule has 0 aromatic carbocycles. The van der Waals surface area contributed by atoms with Gasteiger partial charge in [-0.3, -0.25) is 4.98 Å². The Labute approximate surface area is 77.4 Å². The van der Waals surface area contributed by atoms with Crippen molar-refractivity contribution in [3.8, 4) is 0 Å². The van der Waals surface area contributed by atoms with Crippen LogP contribution in [0.4, 0.5) is 0 Å². The van der Waals surface area contributed by atoms with Gasteiger partial charge < -0.3 is 9.84 Å². The van der Waals surface area contributed by atoms with E-state index in [1.54, 1.807) is 6.20 Å². The first-order chi connectivity index (χ1) is 6.21. The Morgan fingerprint density at radius 1 is 1.54 bits per heavy atom. The smallest absolute Gasteiger partial charge is 0.117 e. The fraction of sp³-hybridized carbons (Fsp3) is 0.500. The van der Waals surface area contributed by atoms with Crippen LogP contribution in [0.25, 0.3) is 0 Å². The minimum absolute atomic E-state index is 0.387. The monoisotopic (exact) mass is 179 g/mol. The minimum Gasteiger partial charge on any atom is -0.383 e. The molecule has 1 aliphatic heterocycles. The summed E-state index contributed by atoms with van der Waals surface area (Å²) in [6.07, 6.45) is 2.39. The Bertz CT molecular complexity index is 288. The van der Waals surface area contributed by atoms with E-state index >= 15 is 0 Å². The number of aryl methyl sites for hydroxylation is 1. The lowest BCUT2D eigenvalue weighted by Crippen LogP contribution is -2.25. The van der Waals surface area contributed by atoms with Crippen molar-refractivity contribution < 1.29 is 9.84 Å². The third-order valence-corrected chi connectivity index (χ3v) is 2.45. The van der Waals surface area contributed by atoms with E-state index < -0.39 is 5.60 Å². The maximum atomic E-state index is 10.1. The Balaban J connectivity index is 2.29. The van der Waals surface area contributed by atoms with Gasteiger partial charge in [0.1, 0.15) is 5.60 Å². The molecule has 70 valence electrons. The van der Waals surface area contributed by atoms with Crippen molar-refractivity contribution in [2.45, 2.75) is 18.9 Å². The van der Waals surface area contributed by atoms with Crippen molar-refractivity contribution in [1.29, 1.82) is 0 Å². The van der Waals surface area contributed by atoms with Crippen LogP contribution in [-0.4, -0.2) is 23.3 Å². The first kappa shape index (κ1) is 8.66. The highest BCUT2D eigenvalue weighted by Gasteiger charge is 2.34. The summed E-state index contributed by atoms with van der Waals surface area (Å²) in [4.78, 5) is 4.15. The van der Waals surface area contributed by atoms with Crippen LogP contribution < -0.4 is 0 Å². The van der Waals surface area contributed by atoms with E-state index in [2.05, 4.69) is 4.98 Å². The van der Waals surface area contributed by atoms with Crippen molar-refractivity contribution in [2.75, 3.05) is 13.2 Å². The standard InChI is InChI=1S/C10H13NO2/c1-8-2-3-9(6-11-8)10(12)4-5-13-7-10/h2-3,6,12H,4-5,7H2,1H3/t10-/m1/s1. The number of pyridine rings is 1. The molecule has 1 aromatic heterocycles. The quantitative estimate of drug-likeness (QED) is 0.699. The molecule has 1 saturated heterocycles. The van der Waals surface area contributed by atoms with E-state index in [1.807, 2.05) is 19.1 Å². The fourth-order valence-electron chi connectivity index (χ4n) is 1.52. The van der Waals surface area contributed by atoms with E-state index in [-0.39, 0.29) is 0 Å². The van der Waals surface area contributed by atoms with Gasteiger partial charge in [-0.15, -0.1) is 0 Å². The average molecular weight is 179 g/mol. The molecule has 1 N–H and O–H groups in total.